The molecule has 2 aliphatic rings. The van der Waals surface area contributed by atoms with E-state index in [1.54, 1.807) is 0 Å². The predicted octanol–water partition coefficient (Wildman–Crippen LogP) is 4.10. The highest BCUT2D eigenvalue weighted by atomic mass is 19.3. The Morgan fingerprint density at radius 1 is 0.375 bits per heavy atom. The van der Waals surface area contributed by atoms with Gasteiger partial charge in [-0.15, -0.1) is 0 Å². The van der Waals surface area contributed by atoms with E-state index in [9.17, 15) is 35.1 Å². The number of alkyl halides is 8. The maximum absolute atomic E-state index is 11.6. The summed E-state index contributed by atoms with van der Waals surface area (Å²) < 4.78 is 92.5. The third-order valence-corrected chi connectivity index (χ3v) is 2.58. The van der Waals surface area contributed by atoms with Crippen LogP contribution < -0.4 is 0 Å². The second kappa shape index (κ2) is 3.46. The zero-order chi connectivity index (χ0) is 12.8. The van der Waals surface area contributed by atoms with Gasteiger partial charge in [-0.25, -0.2) is 0 Å². The highest BCUT2D eigenvalue weighted by Crippen LogP contribution is 2.51. The summed E-state index contributed by atoms with van der Waals surface area (Å²) in [5, 5.41) is 0. The van der Waals surface area contributed by atoms with Crippen molar-refractivity contribution in [2.75, 3.05) is 0 Å². The summed E-state index contributed by atoms with van der Waals surface area (Å²) in [4.78, 5) is 0. The topological polar surface area (TPSA) is 0 Å². The quantitative estimate of drug-likeness (QED) is 0.572. The molecule has 0 N–H and O–H groups in total. The third kappa shape index (κ3) is 2.10. The normalized spacial score (nSPS) is 31.5. The predicted molar refractivity (Wildman–Crippen MR) is 38.3 cm³/mol. The number of rotatable bonds is 0. The van der Waals surface area contributed by atoms with Crippen LogP contribution in [0, 0.1) is 0 Å². The summed E-state index contributed by atoms with van der Waals surface area (Å²) >= 11 is 0. The van der Waals surface area contributed by atoms with Crippen molar-refractivity contribution < 1.29 is 35.1 Å². The van der Waals surface area contributed by atoms with E-state index in [1.165, 1.54) is 0 Å². The number of halogens is 8. The van der Waals surface area contributed by atoms with E-state index in [4.69, 9.17) is 0 Å². The molecule has 0 aromatic carbocycles. The molecule has 0 bridgehead atoms. The van der Waals surface area contributed by atoms with Crippen LogP contribution in [-0.4, -0.2) is 23.7 Å². The van der Waals surface area contributed by atoms with Crippen LogP contribution in [-0.2, 0) is 0 Å². The second-order valence-electron chi connectivity index (χ2n) is 3.82. The van der Waals surface area contributed by atoms with Gasteiger partial charge in [-0.2, -0.15) is 35.1 Å². The lowest BCUT2D eigenvalue weighted by atomic mass is 9.90. The summed E-state index contributed by atoms with van der Waals surface area (Å²) in [7, 11) is 0. The Balaban J connectivity index is 0.000000160. The fourth-order valence-corrected chi connectivity index (χ4v) is 1.01. The highest BCUT2D eigenvalue weighted by molar-refractivity contribution is 4.95. The molecule has 0 aliphatic heterocycles. The van der Waals surface area contributed by atoms with Gasteiger partial charge in [0.05, 0.1) is 0 Å². The van der Waals surface area contributed by atoms with Gasteiger partial charge in [0.15, 0.2) is 0 Å². The third-order valence-electron chi connectivity index (χ3n) is 2.58. The Hall–Kier alpha value is -0.560. The molecule has 0 nitrogen and oxygen atoms in total. The van der Waals surface area contributed by atoms with E-state index in [1.807, 2.05) is 0 Å². The summed E-state index contributed by atoms with van der Waals surface area (Å²) in [6, 6.07) is 0. The maximum Gasteiger partial charge on any atom is 0.310 e. The molecule has 0 amide bonds. The van der Waals surface area contributed by atoms with Crippen molar-refractivity contribution in [1.29, 1.82) is 0 Å². The molecule has 0 heterocycles. The Bertz CT molecular complexity index is 213. The average Bonchev–Trinajstić information content (AvgIpc) is 2.15. The van der Waals surface area contributed by atoms with Gasteiger partial charge >= 0.3 is 23.7 Å². The van der Waals surface area contributed by atoms with Crippen molar-refractivity contribution in [3.63, 3.8) is 0 Å². The lowest BCUT2D eigenvalue weighted by molar-refractivity contribution is -0.275. The van der Waals surface area contributed by atoms with Crippen LogP contribution in [0.3, 0.4) is 0 Å². The zero-order valence-electron chi connectivity index (χ0n) is 7.85. The van der Waals surface area contributed by atoms with E-state index in [2.05, 4.69) is 0 Å². The molecule has 2 rings (SSSR count). The standard InChI is InChI=1S/2C4H4F4/c2*5-3(6)1-2-4(3,7)8/h2*1-2H2. The molecule has 2 aliphatic carbocycles. The maximum atomic E-state index is 11.6. The van der Waals surface area contributed by atoms with Gasteiger partial charge in [0.1, 0.15) is 0 Å². The van der Waals surface area contributed by atoms with Gasteiger partial charge in [0.2, 0.25) is 0 Å². The minimum atomic E-state index is -3.72. The highest BCUT2D eigenvalue weighted by Gasteiger charge is 2.65. The summed E-state index contributed by atoms with van der Waals surface area (Å²) in [6.45, 7) is 0. The first-order chi connectivity index (χ1) is 6.91. The van der Waals surface area contributed by atoms with Gasteiger partial charge in [0.25, 0.3) is 0 Å². The van der Waals surface area contributed by atoms with Crippen LogP contribution in [0.15, 0.2) is 0 Å². The summed E-state index contributed by atoms with van der Waals surface area (Å²) in [5.74, 6) is -14.9. The van der Waals surface area contributed by atoms with Crippen LogP contribution in [0.4, 0.5) is 35.1 Å². The molecule has 0 radical (unpaired) electrons. The van der Waals surface area contributed by atoms with Gasteiger partial charge in [0, 0.05) is 25.7 Å². The van der Waals surface area contributed by atoms with E-state index in [0.29, 0.717) is 0 Å². The molecule has 0 spiro atoms. The molecule has 0 atom stereocenters. The molecule has 8 heteroatoms. The Labute approximate surface area is 85.6 Å². The Kier molecular flexibility index (Phi) is 2.92. The number of hydrogen-bond acceptors (Lipinski definition) is 0. The minimum absolute atomic E-state index is 0.667. The summed E-state index contributed by atoms with van der Waals surface area (Å²) in [5.41, 5.74) is 0. The van der Waals surface area contributed by atoms with Crippen LogP contribution in [0.2, 0.25) is 0 Å². The Morgan fingerprint density at radius 2 is 0.500 bits per heavy atom. The first-order valence-electron chi connectivity index (χ1n) is 4.43. The molecule has 0 aromatic rings. The molecule has 0 unspecified atom stereocenters. The number of hydrogen-bond donors (Lipinski definition) is 0. The first-order valence-corrected chi connectivity index (χ1v) is 4.43. The Morgan fingerprint density at radius 3 is 0.500 bits per heavy atom. The molecule has 0 aromatic heterocycles. The largest absolute Gasteiger partial charge is 0.310 e. The molecular formula is C8H8F8. The van der Waals surface area contributed by atoms with Gasteiger partial charge < -0.3 is 0 Å². The minimum Gasteiger partial charge on any atom is -0.200 e. The summed E-state index contributed by atoms with van der Waals surface area (Å²) in [6.07, 6.45) is -2.67. The monoisotopic (exact) mass is 256 g/mol. The fraction of sp³-hybridized carbons (Fsp3) is 1.00. The van der Waals surface area contributed by atoms with E-state index < -0.39 is 49.4 Å². The first kappa shape index (κ1) is 13.5. The lowest BCUT2D eigenvalue weighted by Crippen LogP contribution is -2.50. The molecule has 16 heavy (non-hydrogen) atoms. The van der Waals surface area contributed by atoms with Crippen LogP contribution in [0.25, 0.3) is 0 Å². The van der Waals surface area contributed by atoms with E-state index >= 15 is 0 Å². The SMILES string of the molecule is FC1(F)CCC1(F)F.FC1(F)CCC1(F)F. The van der Waals surface area contributed by atoms with E-state index in [-0.39, 0.29) is 0 Å². The van der Waals surface area contributed by atoms with Crippen molar-refractivity contribution in [1.82, 2.24) is 0 Å². The smallest absolute Gasteiger partial charge is 0.200 e. The molecule has 96 valence electrons. The van der Waals surface area contributed by atoms with Crippen molar-refractivity contribution in [2.24, 2.45) is 0 Å². The zero-order valence-corrected chi connectivity index (χ0v) is 7.85. The van der Waals surface area contributed by atoms with E-state index in [0.717, 1.165) is 0 Å². The molecule has 2 saturated carbocycles. The second-order valence-corrected chi connectivity index (χ2v) is 3.82. The average molecular weight is 256 g/mol. The molecule has 2 fully saturated rings. The van der Waals surface area contributed by atoms with Crippen molar-refractivity contribution in [2.45, 2.75) is 49.4 Å². The lowest BCUT2D eigenvalue weighted by Gasteiger charge is -2.35. The van der Waals surface area contributed by atoms with Crippen LogP contribution in [0.1, 0.15) is 25.7 Å². The van der Waals surface area contributed by atoms with Crippen molar-refractivity contribution in [3.05, 3.63) is 0 Å². The van der Waals surface area contributed by atoms with Crippen LogP contribution >= 0.6 is 0 Å². The van der Waals surface area contributed by atoms with Crippen LogP contribution in [0.5, 0.6) is 0 Å². The van der Waals surface area contributed by atoms with Crippen molar-refractivity contribution >= 4 is 0 Å². The fourth-order valence-electron chi connectivity index (χ4n) is 1.01. The molecule has 0 saturated heterocycles. The van der Waals surface area contributed by atoms with Gasteiger partial charge in [-0.1, -0.05) is 0 Å². The molecular weight excluding hydrogens is 248 g/mol. The van der Waals surface area contributed by atoms with Crippen molar-refractivity contribution in [3.8, 4) is 0 Å². The van der Waals surface area contributed by atoms with Gasteiger partial charge in [-0.3, -0.25) is 0 Å². The van der Waals surface area contributed by atoms with Gasteiger partial charge in [-0.05, 0) is 0 Å².